The smallest absolute Gasteiger partial charge is 0.238 e. The van der Waals surface area contributed by atoms with Crippen LogP contribution in [0.3, 0.4) is 0 Å². The van der Waals surface area contributed by atoms with Gasteiger partial charge in [-0.05, 0) is 56.1 Å². The lowest BCUT2D eigenvalue weighted by Gasteiger charge is -2.32. The second-order valence-corrected chi connectivity index (χ2v) is 8.28. The van der Waals surface area contributed by atoms with Crippen LogP contribution in [0.25, 0.3) is 0 Å². The molecule has 1 saturated heterocycles. The van der Waals surface area contributed by atoms with Crippen molar-refractivity contribution in [1.82, 2.24) is 14.5 Å². The number of hydrogen-bond acceptors (Lipinski definition) is 3. The molecule has 0 radical (unpaired) electrons. The van der Waals surface area contributed by atoms with Gasteiger partial charge in [-0.3, -0.25) is 9.69 Å². The molecule has 26 heavy (non-hydrogen) atoms. The number of rotatable bonds is 6. The zero-order valence-corrected chi connectivity index (χ0v) is 17.1. The third-order valence-electron chi connectivity index (χ3n) is 4.92. The molecule has 1 aromatic carbocycles. The third kappa shape index (κ3) is 5.17. The first-order valence-corrected chi connectivity index (χ1v) is 10.1. The van der Waals surface area contributed by atoms with Gasteiger partial charge in [-0.1, -0.05) is 29.8 Å². The van der Waals surface area contributed by atoms with E-state index >= 15 is 0 Å². The largest absolute Gasteiger partial charge is 0.334 e. The van der Waals surface area contributed by atoms with Crippen molar-refractivity contribution in [2.75, 3.05) is 25.0 Å². The van der Waals surface area contributed by atoms with Crippen molar-refractivity contribution >= 4 is 27.5 Å². The maximum Gasteiger partial charge on any atom is 0.238 e. The topological polar surface area (TPSA) is 50.2 Å². The number of benzene rings is 1. The number of nitrogens with zero attached hydrogens (tertiary/aromatic N) is 3. The summed E-state index contributed by atoms with van der Waals surface area (Å²) in [5, 5.41) is 2.97. The summed E-state index contributed by atoms with van der Waals surface area (Å²) in [7, 11) is 0. The van der Waals surface area contributed by atoms with Crippen molar-refractivity contribution in [1.29, 1.82) is 0 Å². The number of amides is 1. The lowest BCUT2D eigenvalue weighted by atomic mass is 9.96. The normalized spacial score (nSPS) is 16.2. The Morgan fingerprint density at radius 2 is 1.96 bits per heavy atom. The van der Waals surface area contributed by atoms with Crippen LogP contribution in [0.1, 0.15) is 38.4 Å². The molecule has 1 fully saturated rings. The molecule has 2 heterocycles. The van der Waals surface area contributed by atoms with Crippen LogP contribution in [0, 0.1) is 5.92 Å². The number of nitrogens with one attached hydrogen (secondary N) is 1. The molecule has 3 rings (SSSR count). The predicted molar refractivity (Wildman–Crippen MR) is 108 cm³/mol. The second kappa shape index (κ2) is 8.82. The molecule has 2 aromatic rings. The molecule has 1 N–H and O–H groups in total. The van der Waals surface area contributed by atoms with Crippen LogP contribution < -0.4 is 5.32 Å². The number of carbonyl (C=O) groups is 1. The number of imidazole rings is 1. The minimum absolute atomic E-state index is 0.0578. The van der Waals surface area contributed by atoms with E-state index in [0.29, 0.717) is 18.4 Å². The van der Waals surface area contributed by atoms with E-state index in [1.54, 1.807) is 0 Å². The molecule has 0 saturated carbocycles. The Morgan fingerprint density at radius 3 is 2.62 bits per heavy atom. The summed E-state index contributed by atoms with van der Waals surface area (Å²) >= 11 is 3.40. The highest BCUT2D eigenvalue weighted by Crippen LogP contribution is 2.22. The van der Waals surface area contributed by atoms with Gasteiger partial charge in [-0.2, -0.15) is 0 Å². The number of likely N-dealkylation sites (tertiary alicyclic amines) is 1. The first-order valence-electron chi connectivity index (χ1n) is 9.30. The summed E-state index contributed by atoms with van der Waals surface area (Å²) in [6.45, 7) is 7.82. The van der Waals surface area contributed by atoms with Crippen molar-refractivity contribution in [2.45, 2.75) is 39.2 Å². The summed E-state index contributed by atoms with van der Waals surface area (Å²) in [5.74, 6) is 2.34. The maximum absolute atomic E-state index is 12.2. The first-order chi connectivity index (χ1) is 12.5. The van der Waals surface area contributed by atoms with E-state index in [1.807, 2.05) is 30.5 Å². The Morgan fingerprint density at radius 1 is 1.27 bits per heavy atom. The molecule has 5 nitrogen and oxygen atoms in total. The molecular formula is C20H27BrN4O. The molecule has 6 heteroatoms. The molecular weight excluding hydrogens is 392 g/mol. The van der Waals surface area contributed by atoms with Crippen LogP contribution in [0.2, 0.25) is 0 Å². The number of carbonyl (C=O) groups excluding carboxylic acids is 1. The molecule has 1 aliphatic heterocycles. The Hall–Kier alpha value is -1.66. The monoisotopic (exact) mass is 418 g/mol. The van der Waals surface area contributed by atoms with Crippen molar-refractivity contribution in [3.05, 3.63) is 47.0 Å². The Kier molecular flexibility index (Phi) is 6.48. The lowest BCUT2D eigenvalue weighted by molar-refractivity contribution is -0.117. The van der Waals surface area contributed by atoms with Crippen LogP contribution in [0.4, 0.5) is 5.69 Å². The number of halogens is 1. The Bertz CT molecular complexity index is 718. The van der Waals surface area contributed by atoms with Crippen LogP contribution in [-0.4, -0.2) is 40.0 Å². The average molecular weight is 419 g/mol. The number of anilines is 1. The molecule has 0 bridgehead atoms. The van der Waals surface area contributed by atoms with Gasteiger partial charge in [0, 0.05) is 35.0 Å². The lowest BCUT2D eigenvalue weighted by Crippen LogP contribution is -2.40. The second-order valence-electron chi connectivity index (χ2n) is 7.37. The average Bonchev–Trinajstić information content (AvgIpc) is 3.07. The molecule has 1 aliphatic rings. The van der Waals surface area contributed by atoms with Crippen molar-refractivity contribution < 1.29 is 4.79 Å². The number of hydrogen-bond donors (Lipinski definition) is 1. The van der Waals surface area contributed by atoms with Crippen LogP contribution in [-0.2, 0) is 11.3 Å². The number of piperidine rings is 1. The van der Waals surface area contributed by atoms with Crippen molar-refractivity contribution in [3.63, 3.8) is 0 Å². The van der Waals surface area contributed by atoms with Crippen molar-refractivity contribution in [3.8, 4) is 0 Å². The van der Waals surface area contributed by atoms with Gasteiger partial charge in [0.25, 0.3) is 0 Å². The zero-order valence-electron chi connectivity index (χ0n) is 15.5. The van der Waals surface area contributed by atoms with Crippen molar-refractivity contribution in [2.24, 2.45) is 5.92 Å². The summed E-state index contributed by atoms with van der Waals surface area (Å²) < 4.78 is 3.31. The van der Waals surface area contributed by atoms with E-state index in [2.05, 4.69) is 55.7 Å². The molecule has 140 valence electrons. The van der Waals surface area contributed by atoms with Crippen LogP contribution >= 0.6 is 15.9 Å². The van der Waals surface area contributed by atoms with Gasteiger partial charge in [0.05, 0.1) is 6.54 Å². The molecule has 1 amide bonds. The molecule has 0 aliphatic carbocycles. The molecule has 0 atom stereocenters. The first kappa shape index (κ1) is 19.1. The Balaban J connectivity index is 1.44. The fourth-order valence-electron chi connectivity index (χ4n) is 3.52. The predicted octanol–water partition coefficient (Wildman–Crippen LogP) is 4.12. The summed E-state index contributed by atoms with van der Waals surface area (Å²) in [4.78, 5) is 19.0. The maximum atomic E-state index is 12.2. The highest BCUT2D eigenvalue weighted by atomic mass is 79.9. The van der Waals surface area contributed by atoms with E-state index in [-0.39, 0.29) is 5.91 Å². The van der Waals surface area contributed by atoms with Gasteiger partial charge in [0.15, 0.2) is 0 Å². The van der Waals surface area contributed by atoms with E-state index in [1.165, 1.54) is 5.82 Å². The fraction of sp³-hybridized carbons (Fsp3) is 0.500. The van der Waals surface area contributed by atoms with Gasteiger partial charge in [-0.25, -0.2) is 4.98 Å². The van der Waals surface area contributed by atoms with Crippen LogP contribution in [0.5, 0.6) is 0 Å². The summed E-state index contributed by atoms with van der Waals surface area (Å²) in [6.07, 6.45) is 6.24. The SMILES string of the molecule is CC(C)c1nccn1CC1CCN(CC(=O)Nc2ccc(Br)cc2)CC1. The van der Waals surface area contributed by atoms with E-state index in [0.717, 1.165) is 42.6 Å². The van der Waals surface area contributed by atoms with Gasteiger partial charge in [0.2, 0.25) is 5.91 Å². The minimum Gasteiger partial charge on any atom is -0.334 e. The molecule has 1 aromatic heterocycles. The zero-order chi connectivity index (χ0) is 18.5. The number of aromatic nitrogens is 2. The third-order valence-corrected chi connectivity index (χ3v) is 5.45. The van der Waals surface area contributed by atoms with Gasteiger partial charge >= 0.3 is 0 Å². The Labute approximate surface area is 163 Å². The highest BCUT2D eigenvalue weighted by Gasteiger charge is 2.22. The van der Waals surface area contributed by atoms with E-state index in [4.69, 9.17) is 0 Å². The highest BCUT2D eigenvalue weighted by molar-refractivity contribution is 9.10. The van der Waals surface area contributed by atoms with E-state index in [9.17, 15) is 4.79 Å². The fourth-order valence-corrected chi connectivity index (χ4v) is 3.78. The standard InChI is InChI=1S/C20H27BrN4O/c1-15(2)20-22-9-12-25(20)13-16-7-10-24(11-8-16)14-19(26)23-18-5-3-17(21)4-6-18/h3-6,9,12,15-16H,7-8,10-11,13-14H2,1-2H3,(H,23,26). The van der Waals surface area contributed by atoms with Gasteiger partial charge < -0.3 is 9.88 Å². The molecule has 0 unspecified atom stereocenters. The summed E-state index contributed by atoms with van der Waals surface area (Å²) in [5.41, 5.74) is 0.842. The van der Waals surface area contributed by atoms with Gasteiger partial charge in [-0.15, -0.1) is 0 Å². The minimum atomic E-state index is 0.0578. The molecule has 0 spiro atoms. The van der Waals surface area contributed by atoms with Crippen LogP contribution in [0.15, 0.2) is 41.1 Å². The summed E-state index contributed by atoms with van der Waals surface area (Å²) in [6, 6.07) is 7.68. The van der Waals surface area contributed by atoms with E-state index < -0.39 is 0 Å². The van der Waals surface area contributed by atoms with Gasteiger partial charge in [0.1, 0.15) is 5.82 Å². The quantitative estimate of drug-likeness (QED) is 0.767.